The Bertz CT molecular complexity index is 1050. The highest BCUT2D eigenvalue weighted by atomic mass is 35.5. The van der Waals surface area contributed by atoms with Crippen LogP contribution < -0.4 is 10.6 Å². The topological polar surface area (TPSA) is 66.9 Å². The van der Waals surface area contributed by atoms with Crippen LogP contribution >= 0.6 is 23.4 Å². The number of amides is 1. The molecule has 3 aromatic rings. The van der Waals surface area contributed by atoms with Crippen LogP contribution in [0.25, 0.3) is 10.9 Å². The third-order valence-corrected chi connectivity index (χ3v) is 4.90. The zero-order valence-corrected chi connectivity index (χ0v) is 16.8. The van der Waals surface area contributed by atoms with E-state index >= 15 is 0 Å². The van der Waals surface area contributed by atoms with Gasteiger partial charge in [0.15, 0.2) is 5.16 Å². The average Bonchev–Trinajstić information content (AvgIpc) is 2.67. The molecule has 0 bridgehead atoms. The van der Waals surface area contributed by atoms with Gasteiger partial charge in [0.25, 0.3) is 0 Å². The first-order valence-corrected chi connectivity index (χ1v) is 9.94. The number of aromatic nitrogens is 2. The maximum Gasteiger partial charge on any atom is 0.418 e. The molecule has 0 saturated carbocycles. The van der Waals surface area contributed by atoms with E-state index in [1.165, 1.54) is 6.07 Å². The molecular weight excluding hydrogens is 425 g/mol. The van der Waals surface area contributed by atoms with E-state index in [0.717, 1.165) is 29.3 Å². The molecule has 0 fully saturated rings. The number of thioether (sulfide) groups is 1. The maximum absolute atomic E-state index is 13.2. The number of carbonyl (C=O) groups is 1. The third-order valence-electron chi connectivity index (χ3n) is 3.82. The van der Waals surface area contributed by atoms with Gasteiger partial charge in [0, 0.05) is 17.0 Å². The van der Waals surface area contributed by atoms with E-state index in [9.17, 15) is 18.0 Å². The number of halogens is 4. The molecule has 0 aliphatic carbocycles. The first-order valence-electron chi connectivity index (χ1n) is 8.58. The van der Waals surface area contributed by atoms with E-state index < -0.39 is 17.6 Å². The van der Waals surface area contributed by atoms with Crippen LogP contribution in [0.3, 0.4) is 0 Å². The van der Waals surface area contributed by atoms with Crippen LogP contribution in [-0.4, -0.2) is 28.2 Å². The van der Waals surface area contributed by atoms with E-state index in [1.807, 2.05) is 31.2 Å². The molecule has 0 aliphatic rings. The summed E-state index contributed by atoms with van der Waals surface area (Å²) in [6.07, 6.45) is -4.64. The van der Waals surface area contributed by atoms with Gasteiger partial charge in [-0.3, -0.25) is 4.79 Å². The SMILES string of the molecule is CCNc1nc(SCC(=O)Nc2ccc(Cl)cc2C(F)(F)F)nc2ccccc12. The lowest BCUT2D eigenvalue weighted by Crippen LogP contribution is -2.18. The number of hydrogen-bond acceptors (Lipinski definition) is 5. The summed E-state index contributed by atoms with van der Waals surface area (Å²) in [4.78, 5) is 21.0. The Morgan fingerprint density at radius 3 is 2.66 bits per heavy atom. The maximum atomic E-state index is 13.2. The van der Waals surface area contributed by atoms with Crippen LogP contribution in [0.15, 0.2) is 47.6 Å². The van der Waals surface area contributed by atoms with Crippen molar-refractivity contribution in [3.05, 3.63) is 53.1 Å². The molecular formula is C19H16ClF3N4OS. The van der Waals surface area contributed by atoms with Crippen molar-refractivity contribution in [3.63, 3.8) is 0 Å². The summed E-state index contributed by atoms with van der Waals surface area (Å²) in [6.45, 7) is 2.59. The van der Waals surface area contributed by atoms with Crippen molar-refractivity contribution >= 4 is 51.7 Å². The van der Waals surface area contributed by atoms with E-state index in [4.69, 9.17) is 11.6 Å². The fourth-order valence-corrected chi connectivity index (χ4v) is 3.42. The zero-order chi connectivity index (χ0) is 21.0. The minimum absolute atomic E-state index is 0.0646. The molecule has 2 N–H and O–H groups in total. The third kappa shape index (κ3) is 5.30. The van der Waals surface area contributed by atoms with Crippen molar-refractivity contribution in [2.24, 2.45) is 0 Å². The number of nitrogens with one attached hydrogen (secondary N) is 2. The number of alkyl halides is 3. The Morgan fingerprint density at radius 2 is 1.93 bits per heavy atom. The highest BCUT2D eigenvalue weighted by molar-refractivity contribution is 7.99. The van der Waals surface area contributed by atoms with Gasteiger partial charge in [0.1, 0.15) is 5.82 Å². The second-order valence-electron chi connectivity index (χ2n) is 5.93. The molecule has 29 heavy (non-hydrogen) atoms. The Balaban J connectivity index is 1.75. The summed E-state index contributed by atoms with van der Waals surface area (Å²) in [6, 6.07) is 10.6. The van der Waals surface area contributed by atoms with Gasteiger partial charge >= 0.3 is 6.18 Å². The van der Waals surface area contributed by atoms with Crippen LogP contribution in [0.4, 0.5) is 24.7 Å². The van der Waals surface area contributed by atoms with Crippen molar-refractivity contribution in [1.82, 2.24) is 9.97 Å². The van der Waals surface area contributed by atoms with Crippen LogP contribution in [-0.2, 0) is 11.0 Å². The van der Waals surface area contributed by atoms with Gasteiger partial charge in [-0.25, -0.2) is 9.97 Å². The summed E-state index contributed by atoms with van der Waals surface area (Å²) in [7, 11) is 0. The largest absolute Gasteiger partial charge is 0.418 e. The van der Waals surface area contributed by atoms with Gasteiger partial charge in [0.05, 0.1) is 22.5 Å². The molecule has 10 heteroatoms. The molecule has 152 valence electrons. The number of para-hydroxylation sites is 1. The quantitative estimate of drug-likeness (QED) is 0.393. The Hall–Kier alpha value is -2.52. The molecule has 0 atom stereocenters. The number of fused-ring (bicyclic) bond motifs is 1. The molecule has 5 nitrogen and oxygen atoms in total. The molecule has 1 aromatic heterocycles. The Kier molecular flexibility index (Phi) is 6.49. The van der Waals surface area contributed by atoms with Crippen molar-refractivity contribution in [2.75, 3.05) is 22.9 Å². The lowest BCUT2D eigenvalue weighted by Gasteiger charge is -2.14. The van der Waals surface area contributed by atoms with Gasteiger partial charge in [-0.05, 0) is 37.3 Å². The van der Waals surface area contributed by atoms with Gasteiger partial charge in [-0.15, -0.1) is 0 Å². The number of nitrogens with zero attached hydrogens (tertiary/aromatic N) is 2. The predicted octanol–water partition coefficient (Wildman–Crippen LogP) is 5.46. The summed E-state index contributed by atoms with van der Waals surface area (Å²) in [5.41, 5.74) is -0.640. The molecule has 0 radical (unpaired) electrons. The van der Waals surface area contributed by atoms with Gasteiger partial charge in [-0.2, -0.15) is 13.2 Å². The molecule has 1 amide bonds. The highest BCUT2D eigenvalue weighted by Gasteiger charge is 2.34. The summed E-state index contributed by atoms with van der Waals surface area (Å²) in [5, 5.41) is 6.56. The molecule has 0 spiro atoms. The van der Waals surface area contributed by atoms with Crippen LogP contribution in [0.2, 0.25) is 5.02 Å². The van der Waals surface area contributed by atoms with Crippen molar-refractivity contribution < 1.29 is 18.0 Å². The van der Waals surface area contributed by atoms with E-state index in [0.29, 0.717) is 23.0 Å². The summed E-state index contributed by atoms with van der Waals surface area (Å²) >= 11 is 6.69. The minimum atomic E-state index is -4.64. The highest BCUT2D eigenvalue weighted by Crippen LogP contribution is 2.36. The lowest BCUT2D eigenvalue weighted by atomic mass is 10.1. The van der Waals surface area contributed by atoms with Gasteiger partial charge < -0.3 is 10.6 Å². The normalized spacial score (nSPS) is 11.5. The molecule has 0 unspecified atom stereocenters. The standard InChI is InChI=1S/C19H16ClF3N4OS/c1-2-24-17-12-5-3-4-6-14(12)26-18(27-17)29-10-16(28)25-15-8-7-11(20)9-13(15)19(21,22)23/h3-9H,2,10H2,1H3,(H,25,28)(H,24,26,27). The Morgan fingerprint density at radius 1 is 1.17 bits per heavy atom. The first kappa shape index (κ1) is 21.2. The monoisotopic (exact) mass is 440 g/mol. The van der Waals surface area contributed by atoms with Crippen LogP contribution in [0.1, 0.15) is 12.5 Å². The van der Waals surface area contributed by atoms with Gasteiger partial charge in [-0.1, -0.05) is 35.5 Å². The summed E-state index contributed by atoms with van der Waals surface area (Å²) < 4.78 is 39.5. The second-order valence-corrected chi connectivity index (χ2v) is 7.31. The predicted molar refractivity (Wildman–Crippen MR) is 110 cm³/mol. The van der Waals surface area contributed by atoms with E-state index in [1.54, 1.807) is 0 Å². The second kappa shape index (κ2) is 8.87. The fourth-order valence-electron chi connectivity index (χ4n) is 2.60. The Labute approximate surface area is 174 Å². The molecule has 0 aliphatic heterocycles. The van der Waals surface area contributed by atoms with E-state index in [2.05, 4.69) is 20.6 Å². The molecule has 3 rings (SSSR count). The van der Waals surface area contributed by atoms with Crippen molar-refractivity contribution in [2.45, 2.75) is 18.3 Å². The van der Waals surface area contributed by atoms with Gasteiger partial charge in [0.2, 0.25) is 5.91 Å². The number of anilines is 2. The number of rotatable bonds is 6. The minimum Gasteiger partial charge on any atom is -0.370 e. The van der Waals surface area contributed by atoms with Crippen molar-refractivity contribution in [3.8, 4) is 0 Å². The zero-order valence-electron chi connectivity index (χ0n) is 15.2. The number of carbonyl (C=O) groups excluding carboxylic acids is 1. The number of hydrogen-bond donors (Lipinski definition) is 2. The van der Waals surface area contributed by atoms with Crippen LogP contribution in [0.5, 0.6) is 0 Å². The molecule has 0 saturated heterocycles. The molecule has 2 aromatic carbocycles. The van der Waals surface area contributed by atoms with Crippen molar-refractivity contribution in [1.29, 1.82) is 0 Å². The fraction of sp³-hybridized carbons (Fsp3) is 0.211. The van der Waals surface area contributed by atoms with E-state index in [-0.39, 0.29) is 16.5 Å². The first-order chi connectivity index (χ1) is 13.8. The lowest BCUT2D eigenvalue weighted by molar-refractivity contribution is -0.137. The average molecular weight is 441 g/mol. The number of benzene rings is 2. The van der Waals surface area contributed by atoms with Crippen LogP contribution in [0, 0.1) is 0 Å². The smallest absolute Gasteiger partial charge is 0.370 e. The molecule has 1 heterocycles. The summed E-state index contributed by atoms with van der Waals surface area (Å²) in [5.74, 6) is -0.119.